The highest BCUT2D eigenvalue weighted by Gasteiger charge is 2.15. The van der Waals surface area contributed by atoms with Crippen LogP contribution in [-0.4, -0.2) is 30.0 Å². The van der Waals surface area contributed by atoms with Crippen LogP contribution in [0.5, 0.6) is 0 Å². The lowest BCUT2D eigenvalue weighted by molar-refractivity contribution is -0.107. The highest BCUT2D eigenvalue weighted by molar-refractivity contribution is 5.93. The zero-order valence-corrected chi connectivity index (χ0v) is 16.5. The maximum atomic E-state index is 11.4. The first kappa shape index (κ1) is 18.6. The van der Waals surface area contributed by atoms with E-state index in [9.17, 15) is 4.79 Å². The molecule has 4 aromatic rings. The van der Waals surface area contributed by atoms with Crippen molar-refractivity contribution in [1.29, 1.82) is 0 Å². The molecule has 5 nitrogen and oxygen atoms in total. The number of nitrogens with zero attached hydrogens (tertiary/aromatic N) is 4. The monoisotopic (exact) mass is 382 g/mol. The molecule has 29 heavy (non-hydrogen) atoms. The third kappa shape index (κ3) is 3.55. The first-order valence-corrected chi connectivity index (χ1v) is 9.57. The number of fused-ring (bicyclic) bond motifs is 1. The summed E-state index contributed by atoms with van der Waals surface area (Å²) in [6.07, 6.45) is 4.40. The van der Waals surface area contributed by atoms with E-state index in [-0.39, 0.29) is 0 Å². The van der Waals surface area contributed by atoms with Crippen molar-refractivity contribution in [2.45, 2.75) is 6.92 Å². The van der Waals surface area contributed by atoms with E-state index in [1.54, 1.807) is 11.1 Å². The second kappa shape index (κ2) is 8.10. The molecule has 0 fully saturated rings. The van der Waals surface area contributed by atoms with Gasteiger partial charge in [0.15, 0.2) is 5.82 Å². The minimum Gasteiger partial charge on any atom is -0.328 e. The van der Waals surface area contributed by atoms with E-state index in [0.29, 0.717) is 6.54 Å². The first-order valence-electron chi connectivity index (χ1n) is 9.57. The summed E-state index contributed by atoms with van der Waals surface area (Å²) < 4.78 is 0. The Morgan fingerprint density at radius 3 is 2.38 bits per heavy atom. The molecule has 2 heterocycles. The number of rotatable bonds is 6. The van der Waals surface area contributed by atoms with Crippen molar-refractivity contribution in [3.05, 3.63) is 79.1 Å². The van der Waals surface area contributed by atoms with E-state index in [0.717, 1.165) is 45.6 Å². The molecule has 0 radical (unpaired) electrons. The number of carbonyl (C=O) groups is 1. The molecule has 1 amide bonds. The van der Waals surface area contributed by atoms with Crippen molar-refractivity contribution in [3.63, 3.8) is 0 Å². The van der Waals surface area contributed by atoms with Crippen LogP contribution in [0.3, 0.4) is 0 Å². The van der Waals surface area contributed by atoms with Crippen LogP contribution in [-0.2, 0) is 4.79 Å². The molecule has 2 aromatic heterocycles. The van der Waals surface area contributed by atoms with Gasteiger partial charge >= 0.3 is 0 Å². The lowest BCUT2D eigenvalue weighted by Gasteiger charge is -2.25. The number of anilines is 3. The van der Waals surface area contributed by atoms with Gasteiger partial charge in [0.1, 0.15) is 0 Å². The van der Waals surface area contributed by atoms with Crippen molar-refractivity contribution in [3.8, 4) is 11.1 Å². The molecular weight excluding hydrogens is 360 g/mol. The molecule has 0 saturated carbocycles. The molecule has 0 aliphatic heterocycles. The molecule has 0 atom stereocenters. The van der Waals surface area contributed by atoms with Crippen LogP contribution in [0.1, 0.15) is 6.92 Å². The van der Waals surface area contributed by atoms with Crippen molar-refractivity contribution in [2.24, 2.45) is 0 Å². The zero-order valence-electron chi connectivity index (χ0n) is 16.5. The van der Waals surface area contributed by atoms with Crippen molar-refractivity contribution >= 4 is 34.5 Å². The quantitative estimate of drug-likeness (QED) is 0.438. The summed E-state index contributed by atoms with van der Waals surface area (Å²) in [6.45, 7) is 2.53. The lowest BCUT2D eigenvalue weighted by Crippen LogP contribution is -2.23. The highest BCUT2D eigenvalue weighted by atomic mass is 16.1. The Kier molecular flexibility index (Phi) is 5.20. The van der Waals surface area contributed by atoms with Crippen molar-refractivity contribution < 1.29 is 4.79 Å². The van der Waals surface area contributed by atoms with Gasteiger partial charge in [0, 0.05) is 42.6 Å². The van der Waals surface area contributed by atoms with Crippen LogP contribution < -0.4 is 9.80 Å². The van der Waals surface area contributed by atoms with Crippen LogP contribution in [0.4, 0.5) is 17.2 Å². The minimum atomic E-state index is 0.586. The van der Waals surface area contributed by atoms with E-state index in [1.807, 2.05) is 43.3 Å². The minimum absolute atomic E-state index is 0.586. The van der Waals surface area contributed by atoms with Gasteiger partial charge in [0.05, 0.1) is 11.2 Å². The van der Waals surface area contributed by atoms with Crippen LogP contribution in [0.15, 0.2) is 79.1 Å². The van der Waals surface area contributed by atoms with Gasteiger partial charge in [-0.15, -0.1) is 0 Å². The normalized spacial score (nSPS) is 10.7. The van der Waals surface area contributed by atoms with Gasteiger partial charge < -0.3 is 9.80 Å². The van der Waals surface area contributed by atoms with Crippen molar-refractivity contribution in [2.75, 3.05) is 23.4 Å². The standard InChI is InChI=1S/C24H22N4O/c1-3-28(17-29)22-10-6-16-26-24(22)27(2)20-13-11-18(12-14-20)21-9-4-7-19-8-5-15-25-23(19)21/h4-17H,3H2,1-2H3. The lowest BCUT2D eigenvalue weighted by atomic mass is 10.0. The predicted molar refractivity (Wildman–Crippen MR) is 119 cm³/mol. The molecule has 0 N–H and O–H groups in total. The number of aromatic nitrogens is 2. The Morgan fingerprint density at radius 1 is 0.897 bits per heavy atom. The Labute approximate surface area is 170 Å². The predicted octanol–water partition coefficient (Wildman–Crippen LogP) is 5.05. The Balaban J connectivity index is 1.69. The topological polar surface area (TPSA) is 49.3 Å². The summed E-state index contributed by atoms with van der Waals surface area (Å²) in [4.78, 5) is 24.1. The third-order valence-electron chi connectivity index (χ3n) is 5.06. The molecule has 0 aliphatic rings. The smallest absolute Gasteiger partial charge is 0.214 e. The number of para-hydroxylation sites is 1. The average Bonchev–Trinajstić information content (AvgIpc) is 2.79. The van der Waals surface area contributed by atoms with Crippen LogP contribution in [0, 0.1) is 0 Å². The van der Waals surface area contributed by atoms with E-state index in [4.69, 9.17) is 0 Å². The summed E-state index contributed by atoms with van der Waals surface area (Å²) in [5.41, 5.74) is 4.98. The maximum Gasteiger partial charge on any atom is 0.214 e. The second-order valence-electron chi connectivity index (χ2n) is 6.72. The molecule has 4 rings (SSSR count). The zero-order chi connectivity index (χ0) is 20.2. The molecule has 0 saturated heterocycles. The Bertz CT molecular complexity index is 1140. The molecule has 2 aromatic carbocycles. The molecule has 0 unspecified atom stereocenters. The van der Waals surface area contributed by atoms with Gasteiger partial charge in [-0.1, -0.05) is 36.4 Å². The molecule has 144 valence electrons. The van der Waals surface area contributed by atoms with Gasteiger partial charge in [-0.25, -0.2) is 4.98 Å². The molecule has 0 aliphatic carbocycles. The van der Waals surface area contributed by atoms with E-state index in [1.165, 1.54) is 0 Å². The fourth-order valence-corrected chi connectivity index (χ4v) is 3.50. The first-order chi connectivity index (χ1) is 14.2. The number of amides is 1. The largest absolute Gasteiger partial charge is 0.328 e. The number of hydrogen-bond donors (Lipinski definition) is 0. The summed E-state index contributed by atoms with van der Waals surface area (Å²) in [5, 5.41) is 1.12. The van der Waals surface area contributed by atoms with Crippen LogP contribution in [0.2, 0.25) is 0 Å². The molecule has 0 spiro atoms. The summed E-state index contributed by atoms with van der Waals surface area (Å²) in [7, 11) is 1.96. The second-order valence-corrected chi connectivity index (χ2v) is 6.72. The Morgan fingerprint density at radius 2 is 1.62 bits per heavy atom. The molecular formula is C24H22N4O. The highest BCUT2D eigenvalue weighted by Crippen LogP contribution is 2.33. The van der Waals surface area contributed by atoms with Crippen LogP contribution >= 0.6 is 0 Å². The van der Waals surface area contributed by atoms with Crippen molar-refractivity contribution in [1.82, 2.24) is 9.97 Å². The maximum absolute atomic E-state index is 11.4. The van der Waals surface area contributed by atoms with Crippen LogP contribution in [0.25, 0.3) is 22.0 Å². The molecule has 5 heteroatoms. The summed E-state index contributed by atoms with van der Waals surface area (Å²) in [6, 6.07) is 22.3. The Hall–Kier alpha value is -3.73. The number of pyridine rings is 2. The SMILES string of the molecule is CCN(C=O)c1cccnc1N(C)c1ccc(-c2cccc3cccnc23)cc1. The number of hydrogen-bond acceptors (Lipinski definition) is 4. The van der Waals surface area contributed by atoms with E-state index < -0.39 is 0 Å². The number of benzene rings is 2. The third-order valence-corrected chi connectivity index (χ3v) is 5.06. The summed E-state index contributed by atoms with van der Waals surface area (Å²) in [5.74, 6) is 0.737. The van der Waals surface area contributed by atoms with Gasteiger partial charge in [-0.2, -0.15) is 0 Å². The fraction of sp³-hybridized carbons (Fsp3) is 0.125. The number of carbonyl (C=O) groups excluding carboxylic acids is 1. The average molecular weight is 382 g/mol. The van der Waals surface area contributed by atoms with Gasteiger partial charge in [-0.05, 0) is 42.8 Å². The van der Waals surface area contributed by atoms with Gasteiger partial charge in [0.25, 0.3) is 0 Å². The van der Waals surface area contributed by atoms with E-state index >= 15 is 0 Å². The fourth-order valence-electron chi connectivity index (χ4n) is 3.50. The van der Waals surface area contributed by atoms with Gasteiger partial charge in [0.2, 0.25) is 6.41 Å². The van der Waals surface area contributed by atoms with Gasteiger partial charge in [-0.3, -0.25) is 9.78 Å². The van der Waals surface area contributed by atoms with E-state index in [2.05, 4.69) is 58.5 Å². The summed E-state index contributed by atoms with van der Waals surface area (Å²) >= 11 is 0. The molecule has 0 bridgehead atoms.